The number of aromatic nitrogens is 1. The topological polar surface area (TPSA) is 106 Å². The lowest BCUT2D eigenvalue weighted by Crippen LogP contribution is -2.56. The summed E-state index contributed by atoms with van der Waals surface area (Å²) in [6.07, 6.45) is 7.95. The van der Waals surface area contributed by atoms with Crippen LogP contribution in [0.4, 0.5) is 0 Å². The fourth-order valence-electron chi connectivity index (χ4n) is 5.70. The Labute approximate surface area is 224 Å². The number of Topliss-reactive ketones (excluding diaryl/α,β-unsaturated/α-hetero) is 1. The quantitative estimate of drug-likeness (QED) is 0.285. The van der Waals surface area contributed by atoms with E-state index in [2.05, 4.69) is 10.3 Å². The van der Waals surface area contributed by atoms with Crippen LogP contribution in [0.5, 0.6) is 0 Å². The van der Waals surface area contributed by atoms with E-state index in [9.17, 15) is 14.7 Å². The van der Waals surface area contributed by atoms with Crippen LogP contribution in [0.15, 0.2) is 23.7 Å². The van der Waals surface area contributed by atoms with Gasteiger partial charge in [-0.1, -0.05) is 44.0 Å². The van der Waals surface area contributed by atoms with Gasteiger partial charge in [0.1, 0.15) is 5.78 Å². The second-order valence-corrected chi connectivity index (χ2v) is 12.5. The molecule has 1 amide bonds. The largest absolute Gasteiger partial charge is 0.386 e. The van der Waals surface area contributed by atoms with E-state index in [4.69, 9.17) is 28.6 Å². The van der Waals surface area contributed by atoms with Gasteiger partial charge in [-0.2, -0.15) is 0 Å². The Morgan fingerprint density at radius 2 is 1.67 bits per heavy atom. The van der Waals surface area contributed by atoms with Gasteiger partial charge in [-0.05, 0) is 57.8 Å². The highest BCUT2D eigenvalue weighted by atomic mass is 35.5. The van der Waals surface area contributed by atoms with Crippen LogP contribution in [0.25, 0.3) is 0 Å². The highest BCUT2D eigenvalue weighted by Crippen LogP contribution is 2.53. The Balaban J connectivity index is 1.85. The first-order valence-corrected chi connectivity index (χ1v) is 13.2. The fraction of sp³-hybridized carbons (Fsp3) is 0.630. The summed E-state index contributed by atoms with van der Waals surface area (Å²) < 4.78 is 0. The van der Waals surface area contributed by atoms with Gasteiger partial charge in [-0.25, -0.2) is 0 Å². The van der Waals surface area contributed by atoms with Crippen LogP contribution < -0.4 is 5.32 Å². The summed E-state index contributed by atoms with van der Waals surface area (Å²) >= 11 is 12.5. The number of fused-ring (bicyclic) bond motifs is 3. The molecule has 1 atom stereocenters. The average molecular weight is 538 g/mol. The molecule has 3 aliphatic rings. The number of aliphatic hydroxyl groups is 1. The van der Waals surface area contributed by atoms with Crippen LogP contribution in [0.2, 0.25) is 10.0 Å². The number of rotatable bonds is 9. The smallest absolute Gasteiger partial charge is 0.257 e. The van der Waals surface area contributed by atoms with Gasteiger partial charge in [0.05, 0.1) is 28.3 Å². The number of hydrogen-bond donors (Lipinski definition) is 3. The van der Waals surface area contributed by atoms with Crippen LogP contribution in [0.3, 0.4) is 0 Å². The highest BCUT2D eigenvalue weighted by molar-refractivity contribution is 6.35. The molecular weight excluding hydrogens is 499 g/mol. The number of hydrogen-bond acceptors (Lipinski definition) is 6. The maximum Gasteiger partial charge on any atom is 0.257 e. The first-order valence-electron chi connectivity index (χ1n) is 12.5. The van der Waals surface area contributed by atoms with Crippen molar-refractivity contribution >= 4 is 41.1 Å². The third-order valence-corrected chi connectivity index (χ3v) is 8.40. The molecule has 0 saturated heterocycles. The van der Waals surface area contributed by atoms with Crippen molar-refractivity contribution < 1.29 is 14.7 Å². The van der Waals surface area contributed by atoms with Crippen molar-refractivity contribution in [2.75, 3.05) is 13.1 Å². The monoisotopic (exact) mass is 536 g/mol. The minimum Gasteiger partial charge on any atom is -0.386 e. The summed E-state index contributed by atoms with van der Waals surface area (Å²) in [5.74, 6) is -0.0596. The Morgan fingerprint density at radius 1 is 1.14 bits per heavy atom. The second-order valence-electron chi connectivity index (χ2n) is 11.7. The van der Waals surface area contributed by atoms with Crippen molar-refractivity contribution in [3.8, 4) is 0 Å². The molecule has 9 heteroatoms. The molecule has 7 nitrogen and oxygen atoms in total. The van der Waals surface area contributed by atoms with Crippen molar-refractivity contribution in [3.05, 3.63) is 39.3 Å². The molecule has 1 aromatic heterocycles. The average Bonchev–Trinajstić information content (AvgIpc) is 2.79. The van der Waals surface area contributed by atoms with Crippen LogP contribution >= 0.6 is 23.2 Å². The summed E-state index contributed by atoms with van der Waals surface area (Å²) in [4.78, 5) is 31.5. The van der Waals surface area contributed by atoms with E-state index in [0.717, 1.165) is 44.7 Å². The van der Waals surface area contributed by atoms with Crippen molar-refractivity contribution in [2.24, 2.45) is 10.8 Å². The zero-order valence-electron chi connectivity index (χ0n) is 21.9. The van der Waals surface area contributed by atoms with Crippen molar-refractivity contribution in [3.63, 3.8) is 0 Å². The number of pyridine rings is 1. The van der Waals surface area contributed by atoms with Gasteiger partial charge in [-0.15, -0.1) is 0 Å². The zero-order valence-corrected chi connectivity index (χ0v) is 23.4. The molecule has 0 aliphatic heterocycles. The number of nitrogens with zero attached hydrogens (tertiary/aromatic N) is 2. The number of carbonyl (C=O) groups is 2. The first-order chi connectivity index (χ1) is 16.7. The third-order valence-electron chi connectivity index (χ3n) is 7.79. The summed E-state index contributed by atoms with van der Waals surface area (Å²) in [5, 5.41) is 23.1. The molecule has 0 spiro atoms. The summed E-state index contributed by atoms with van der Waals surface area (Å²) in [5.41, 5.74) is 0.616. The third kappa shape index (κ3) is 6.12. The number of nitrogens with one attached hydrogen (secondary N) is 2. The van der Waals surface area contributed by atoms with Crippen LogP contribution in [-0.4, -0.2) is 51.5 Å². The first kappa shape index (κ1) is 28.6. The van der Waals surface area contributed by atoms with E-state index >= 15 is 0 Å². The molecule has 198 valence electrons. The van der Waals surface area contributed by atoms with E-state index in [1.807, 2.05) is 27.7 Å². The van der Waals surface area contributed by atoms with E-state index in [1.54, 1.807) is 11.8 Å². The molecule has 0 radical (unpaired) electrons. The van der Waals surface area contributed by atoms with Gasteiger partial charge in [-0.3, -0.25) is 14.6 Å². The molecule has 3 fully saturated rings. The SMILES string of the molecule is CC(=O)C12CCC(N/C(C)=C(\C=N)C(=O)N(CC(O)c3c(Cl)cncc3Cl)CC(C)(C)C)(CC1)CC2. The molecule has 3 N–H and O–H groups in total. The predicted octanol–water partition coefficient (Wildman–Crippen LogP) is 5.49. The number of aliphatic hydroxyl groups excluding tert-OH is 1. The second kappa shape index (κ2) is 10.8. The zero-order chi connectivity index (χ0) is 26.9. The lowest BCUT2D eigenvalue weighted by atomic mass is 9.56. The standard InChI is InChI=1S/C27H38Cl2N4O3/c1-17(32-27-9-6-26(7-10-27,8-11-27)18(2)34)19(12-30)24(36)33(16-25(3,4)5)15-22(35)23-20(28)13-31-14-21(23)29/h12-14,22,30,32,35H,6-11,15-16H2,1-5H3/b19-17+,30-12?. The molecule has 1 aromatic rings. The molecule has 36 heavy (non-hydrogen) atoms. The molecule has 0 aromatic carbocycles. The van der Waals surface area contributed by atoms with Gasteiger partial charge in [0, 0.05) is 47.4 Å². The van der Waals surface area contributed by atoms with Gasteiger partial charge in [0.25, 0.3) is 5.91 Å². The Hall–Kier alpha value is -1.96. The predicted molar refractivity (Wildman–Crippen MR) is 143 cm³/mol. The summed E-state index contributed by atoms with van der Waals surface area (Å²) in [7, 11) is 0. The van der Waals surface area contributed by atoms with E-state index in [0.29, 0.717) is 17.8 Å². The maximum atomic E-state index is 13.8. The molecule has 2 bridgehead atoms. The number of amides is 1. The van der Waals surface area contributed by atoms with E-state index < -0.39 is 6.10 Å². The minimum absolute atomic E-state index is 0.0313. The van der Waals surface area contributed by atoms with E-state index in [1.165, 1.54) is 12.4 Å². The Bertz CT molecular complexity index is 1020. The Kier molecular flexibility index (Phi) is 8.58. The molecule has 3 aliphatic carbocycles. The number of carbonyl (C=O) groups excluding carboxylic acids is 2. The molecular formula is C27H38Cl2N4O3. The summed E-state index contributed by atoms with van der Waals surface area (Å²) in [6.45, 7) is 9.89. The number of ketones is 1. The molecule has 3 saturated carbocycles. The van der Waals surface area contributed by atoms with Crippen molar-refractivity contribution in [2.45, 2.75) is 84.8 Å². The van der Waals surface area contributed by atoms with Gasteiger partial charge >= 0.3 is 0 Å². The lowest BCUT2D eigenvalue weighted by molar-refractivity contribution is -0.133. The van der Waals surface area contributed by atoms with E-state index in [-0.39, 0.29) is 50.2 Å². The van der Waals surface area contributed by atoms with Crippen LogP contribution in [0, 0.1) is 16.2 Å². The summed E-state index contributed by atoms with van der Waals surface area (Å²) in [6, 6.07) is 0. The molecule has 1 unspecified atom stereocenters. The Morgan fingerprint density at radius 3 is 2.11 bits per heavy atom. The lowest BCUT2D eigenvalue weighted by Gasteiger charge is -2.53. The molecule has 4 rings (SSSR count). The number of allylic oxidation sites excluding steroid dienone is 1. The van der Waals surface area contributed by atoms with Gasteiger partial charge in [0.2, 0.25) is 0 Å². The maximum absolute atomic E-state index is 13.8. The highest BCUT2D eigenvalue weighted by Gasteiger charge is 2.51. The van der Waals surface area contributed by atoms with Gasteiger partial charge in [0.15, 0.2) is 0 Å². The van der Waals surface area contributed by atoms with Crippen molar-refractivity contribution in [1.29, 1.82) is 5.41 Å². The normalized spacial score (nSPS) is 25.1. The molecule has 1 heterocycles. The minimum atomic E-state index is -1.12. The van der Waals surface area contributed by atoms with Crippen molar-refractivity contribution in [1.82, 2.24) is 15.2 Å². The number of halogens is 2. The van der Waals surface area contributed by atoms with Crippen LogP contribution in [-0.2, 0) is 9.59 Å². The fourth-order valence-corrected chi connectivity index (χ4v) is 6.32. The van der Waals surface area contributed by atoms with Gasteiger partial charge < -0.3 is 20.7 Å². The van der Waals surface area contributed by atoms with Crippen LogP contribution in [0.1, 0.15) is 84.8 Å².